The Labute approximate surface area is 154 Å². The average Bonchev–Trinajstić information content (AvgIpc) is 2.89. The second-order valence-corrected chi connectivity index (χ2v) is 6.64. The van der Waals surface area contributed by atoms with Crippen molar-refractivity contribution in [2.45, 2.75) is 31.7 Å². The molecule has 0 aliphatic carbocycles. The summed E-state index contributed by atoms with van der Waals surface area (Å²) in [4.78, 5) is 14.7. The summed E-state index contributed by atoms with van der Waals surface area (Å²) in [6.07, 6.45) is 4.39. The predicted molar refractivity (Wildman–Crippen MR) is 101 cm³/mol. The van der Waals surface area contributed by atoms with E-state index in [9.17, 15) is 9.18 Å². The van der Waals surface area contributed by atoms with E-state index in [1.807, 2.05) is 12.1 Å². The number of ether oxygens (including phenoxy) is 1. The standard InChI is InChI=1S/C21H25FN2O2/c1-26-17-12-10-16(11-13-17)20-9-3-2-6-14-24(20)15-21(25)23-19-8-5-4-7-18(19)22/h4-5,7-8,10-13,20H,2-3,6,9,14-15H2,1H3,(H,23,25). The van der Waals surface area contributed by atoms with Crippen LogP contribution in [0, 0.1) is 5.82 Å². The zero-order valence-corrected chi connectivity index (χ0v) is 15.1. The van der Waals surface area contributed by atoms with Gasteiger partial charge in [-0.25, -0.2) is 4.39 Å². The maximum absolute atomic E-state index is 13.8. The lowest BCUT2D eigenvalue weighted by Crippen LogP contribution is -2.36. The van der Waals surface area contributed by atoms with Gasteiger partial charge in [0.15, 0.2) is 0 Å². The second-order valence-electron chi connectivity index (χ2n) is 6.64. The molecule has 1 heterocycles. The first-order chi connectivity index (χ1) is 12.7. The molecule has 0 spiro atoms. The highest BCUT2D eigenvalue weighted by atomic mass is 19.1. The van der Waals surface area contributed by atoms with Gasteiger partial charge in [-0.1, -0.05) is 37.1 Å². The third kappa shape index (κ3) is 4.61. The molecule has 1 aliphatic rings. The molecule has 0 saturated carbocycles. The van der Waals surface area contributed by atoms with Crippen LogP contribution in [0.3, 0.4) is 0 Å². The summed E-state index contributed by atoms with van der Waals surface area (Å²) >= 11 is 0. The van der Waals surface area contributed by atoms with E-state index < -0.39 is 5.82 Å². The topological polar surface area (TPSA) is 41.6 Å². The molecule has 3 rings (SSSR count). The number of nitrogens with zero attached hydrogens (tertiary/aromatic N) is 1. The molecule has 2 aromatic carbocycles. The Morgan fingerprint density at radius 3 is 2.65 bits per heavy atom. The Hall–Kier alpha value is -2.40. The molecule has 1 fully saturated rings. The van der Waals surface area contributed by atoms with Crippen LogP contribution in [0.5, 0.6) is 5.75 Å². The zero-order chi connectivity index (χ0) is 18.4. The van der Waals surface area contributed by atoms with E-state index in [-0.39, 0.29) is 24.2 Å². The minimum atomic E-state index is -0.413. The molecule has 4 nitrogen and oxygen atoms in total. The molecule has 138 valence electrons. The number of methoxy groups -OCH3 is 1. The van der Waals surface area contributed by atoms with E-state index in [1.54, 1.807) is 25.3 Å². The second kappa shape index (κ2) is 8.81. The molecule has 2 aromatic rings. The van der Waals surface area contributed by atoms with Crippen molar-refractivity contribution in [1.82, 2.24) is 4.90 Å². The van der Waals surface area contributed by atoms with E-state index in [2.05, 4.69) is 22.3 Å². The third-order valence-electron chi connectivity index (χ3n) is 4.86. The number of para-hydroxylation sites is 1. The van der Waals surface area contributed by atoms with Crippen LogP contribution < -0.4 is 10.1 Å². The summed E-state index contributed by atoms with van der Waals surface area (Å²) in [5.74, 6) is 0.227. The molecular weight excluding hydrogens is 331 g/mol. The summed E-state index contributed by atoms with van der Waals surface area (Å²) in [7, 11) is 1.65. The fourth-order valence-corrected chi connectivity index (χ4v) is 3.50. The van der Waals surface area contributed by atoms with E-state index in [4.69, 9.17) is 4.74 Å². The monoisotopic (exact) mass is 356 g/mol. The lowest BCUT2D eigenvalue weighted by molar-refractivity contribution is -0.117. The number of nitrogens with one attached hydrogen (secondary N) is 1. The van der Waals surface area contributed by atoms with Crippen molar-refractivity contribution in [2.75, 3.05) is 25.5 Å². The summed E-state index contributed by atoms with van der Waals surface area (Å²) in [6.45, 7) is 1.12. The maximum atomic E-state index is 13.8. The molecule has 1 aliphatic heterocycles. The number of carbonyl (C=O) groups excluding carboxylic acids is 1. The van der Waals surface area contributed by atoms with Gasteiger partial charge in [-0.3, -0.25) is 9.69 Å². The first kappa shape index (κ1) is 18.4. The van der Waals surface area contributed by atoms with Crippen LogP contribution in [-0.2, 0) is 4.79 Å². The molecule has 0 bridgehead atoms. The van der Waals surface area contributed by atoms with Gasteiger partial charge in [0.1, 0.15) is 11.6 Å². The van der Waals surface area contributed by atoms with Crippen LogP contribution in [-0.4, -0.2) is 31.0 Å². The predicted octanol–water partition coefficient (Wildman–Crippen LogP) is 4.39. The number of carbonyl (C=O) groups is 1. The molecule has 0 aromatic heterocycles. The van der Waals surface area contributed by atoms with Crippen LogP contribution in [0.1, 0.15) is 37.3 Å². The van der Waals surface area contributed by atoms with Crippen molar-refractivity contribution in [3.05, 3.63) is 59.9 Å². The number of amides is 1. The van der Waals surface area contributed by atoms with Crippen molar-refractivity contribution >= 4 is 11.6 Å². The summed E-state index contributed by atoms with van der Waals surface area (Å²) in [5, 5.41) is 2.69. The maximum Gasteiger partial charge on any atom is 0.238 e. The lowest BCUT2D eigenvalue weighted by atomic mass is 10.0. The van der Waals surface area contributed by atoms with Gasteiger partial charge in [-0.05, 0) is 49.2 Å². The molecule has 1 unspecified atom stereocenters. The van der Waals surface area contributed by atoms with Crippen molar-refractivity contribution in [2.24, 2.45) is 0 Å². The Balaban J connectivity index is 1.71. The average molecular weight is 356 g/mol. The van der Waals surface area contributed by atoms with Crippen molar-refractivity contribution in [3.8, 4) is 5.75 Å². The largest absolute Gasteiger partial charge is 0.497 e. The number of benzene rings is 2. The van der Waals surface area contributed by atoms with E-state index in [0.717, 1.165) is 38.0 Å². The SMILES string of the molecule is COc1ccc(C2CCCCCN2CC(=O)Nc2ccccc2F)cc1. The number of likely N-dealkylation sites (tertiary alicyclic amines) is 1. The third-order valence-corrected chi connectivity index (χ3v) is 4.86. The molecule has 1 atom stereocenters. The molecule has 1 saturated heterocycles. The minimum Gasteiger partial charge on any atom is -0.497 e. The zero-order valence-electron chi connectivity index (χ0n) is 15.1. The van der Waals surface area contributed by atoms with Crippen LogP contribution in [0.2, 0.25) is 0 Å². The van der Waals surface area contributed by atoms with Gasteiger partial charge in [-0.2, -0.15) is 0 Å². The summed E-state index contributed by atoms with van der Waals surface area (Å²) in [5.41, 5.74) is 1.42. The summed E-state index contributed by atoms with van der Waals surface area (Å²) < 4.78 is 19.0. The van der Waals surface area contributed by atoms with Gasteiger partial charge in [-0.15, -0.1) is 0 Å². The van der Waals surface area contributed by atoms with Crippen molar-refractivity contribution in [1.29, 1.82) is 0 Å². The fraction of sp³-hybridized carbons (Fsp3) is 0.381. The highest BCUT2D eigenvalue weighted by molar-refractivity contribution is 5.92. The van der Waals surface area contributed by atoms with Crippen LogP contribution in [0.15, 0.2) is 48.5 Å². The number of halogens is 1. The van der Waals surface area contributed by atoms with Crippen molar-refractivity contribution < 1.29 is 13.9 Å². The first-order valence-electron chi connectivity index (χ1n) is 9.10. The summed E-state index contributed by atoms with van der Waals surface area (Å²) in [6, 6.07) is 14.5. The smallest absolute Gasteiger partial charge is 0.238 e. The van der Waals surface area contributed by atoms with Gasteiger partial charge < -0.3 is 10.1 Å². The molecule has 1 amide bonds. The lowest BCUT2D eigenvalue weighted by Gasteiger charge is -2.29. The van der Waals surface area contributed by atoms with Gasteiger partial charge in [0.2, 0.25) is 5.91 Å². The number of hydrogen-bond donors (Lipinski definition) is 1. The molecule has 5 heteroatoms. The van der Waals surface area contributed by atoms with Crippen molar-refractivity contribution in [3.63, 3.8) is 0 Å². The molecule has 1 N–H and O–H groups in total. The van der Waals surface area contributed by atoms with Gasteiger partial charge in [0, 0.05) is 6.04 Å². The Morgan fingerprint density at radius 1 is 1.15 bits per heavy atom. The fourth-order valence-electron chi connectivity index (χ4n) is 3.50. The van der Waals surface area contributed by atoms with Gasteiger partial charge >= 0.3 is 0 Å². The Morgan fingerprint density at radius 2 is 1.92 bits per heavy atom. The van der Waals surface area contributed by atoms with Crippen LogP contribution in [0.4, 0.5) is 10.1 Å². The minimum absolute atomic E-state index is 0.185. The van der Waals surface area contributed by atoms with E-state index in [1.165, 1.54) is 11.6 Å². The highest BCUT2D eigenvalue weighted by Gasteiger charge is 2.24. The highest BCUT2D eigenvalue weighted by Crippen LogP contribution is 2.31. The number of anilines is 1. The number of hydrogen-bond acceptors (Lipinski definition) is 3. The Kier molecular flexibility index (Phi) is 6.23. The first-order valence-corrected chi connectivity index (χ1v) is 9.10. The van der Waals surface area contributed by atoms with E-state index in [0.29, 0.717) is 0 Å². The van der Waals surface area contributed by atoms with Gasteiger partial charge in [0.05, 0.1) is 19.3 Å². The molecular formula is C21H25FN2O2. The number of rotatable bonds is 5. The van der Waals surface area contributed by atoms with Crippen LogP contribution >= 0.6 is 0 Å². The van der Waals surface area contributed by atoms with Gasteiger partial charge in [0.25, 0.3) is 0 Å². The normalized spacial score (nSPS) is 18.2. The van der Waals surface area contributed by atoms with Crippen LogP contribution in [0.25, 0.3) is 0 Å². The molecule has 0 radical (unpaired) electrons. The molecule has 26 heavy (non-hydrogen) atoms. The quantitative estimate of drug-likeness (QED) is 0.864. The Bertz CT molecular complexity index is 733. The van der Waals surface area contributed by atoms with E-state index >= 15 is 0 Å².